The summed E-state index contributed by atoms with van der Waals surface area (Å²) in [7, 11) is -3.75. The third-order valence-electron chi connectivity index (χ3n) is 2.65. The van der Waals surface area contributed by atoms with Crippen molar-refractivity contribution < 1.29 is 18.3 Å². The van der Waals surface area contributed by atoms with Crippen molar-refractivity contribution in [1.82, 2.24) is 0 Å². The second-order valence-corrected chi connectivity index (χ2v) is 7.11. The number of rotatable bonds is 5. The van der Waals surface area contributed by atoms with Gasteiger partial charge in [0.15, 0.2) is 0 Å². The van der Waals surface area contributed by atoms with Gasteiger partial charge in [-0.25, -0.2) is 13.2 Å². The second kappa shape index (κ2) is 5.64. The first-order valence-corrected chi connectivity index (χ1v) is 8.18. The van der Waals surface area contributed by atoms with E-state index in [9.17, 15) is 13.2 Å². The van der Waals surface area contributed by atoms with E-state index in [0.29, 0.717) is 0 Å². The standard InChI is InChI=1S/C13H13NO4S2/c1-2-9-7-8-12(19-9)20(17,18)14-11-6-4-3-5-10(11)13(15)16/h3-8,14H,2H2,1H3,(H,15,16). The van der Waals surface area contributed by atoms with Gasteiger partial charge in [0, 0.05) is 4.88 Å². The number of nitrogens with one attached hydrogen (secondary N) is 1. The highest BCUT2D eigenvalue weighted by Gasteiger charge is 2.19. The fourth-order valence-electron chi connectivity index (χ4n) is 1.65. The van der Waals surface area contributed by atoms with Crippen molar-refractivity contribution in [2.75, 3.05) is 4.72 Å². The monoisotopic (exact) mass is 311 g/mol. The van der Waals surface area contributed by atoms with E-state index in [2.05, 4.69) is 4.72 Å². The number of benzene rings is 1. The fraction of sp³-hybridized carbons (Fsp3) is 0.154. The van der Waals surface area contributed by atoms with Crippen LogP contribution in [0.15, 0.2) is 40.6 Å². The lowest BCUT2D eigenvalue weighted by molar-refractivity contribution is 0.0698. The van der Waals surface area contributed by atoms with Crippen LogP contribution in [-0.2, 0) is 16.4 Å². The topological polar surface area (TPSA) is 83.5 Å². The summed E-state index contributed by atoms with van der Waals surface area (Å²) in [6.45, 7) is 1.94. The van der Waals surface area contributed by atoms with E-state index >= 15 is 0 Å². The molecule has 1 heterocycles. The summed E-state index contributed by atoms with van der Waals surface area (Å²) in [5.41, 5.74) is -0.0187. The summed E-state index contributed by atoms with van der Waals surface area (Å²) >= 11 is 1.18. The Morgan fingerprint density at radius 3 is 2.55 bits per heavy atom. The van der Waals surface area contributed by atoms with E-state index in [1.165, 1.54) is 29.5 Å². The number of hydrogen-bond donors (Lipinski definition) is 2. The van der Waals surface area contributed by atoms with Crippen LogP contribution in [0.1, 0.15) is 22.2 Å². The number of carboxylic acid groups (broad SMARTS) is 1. The van der Waals surface area contributed by atoms with Crippen LogP contribution in [0.5, 0.6) is 0 Å². The zero-order valence-electron chi connectivity index (χ0n) is 10.7. The van der Waals surface area contributed by atoms with Crippen molar-refractivity contribution in [3.05, 3.63) is 46.8 Å². The van der Waals surface area contributed by atoms with E-state index in [0.717, 1.165) is 11.3 Å². The minimum absolute atomic E-state index is 0.0615. The first-order valence-electron chi connectivity index (χ1n) is 5.88. The Morgan fingerprint density at radius 1 is 1.25 bits per heavy atom. The van der Waals surface area contributed by atoms with Gasteiger partial charge in [0.05, 0.1) is 11.3 Å². The second-order valence-electron chi connectivity index (χ2n) is 4.03. The van der Waals surface area contributed by atoms with Crippen LogP contribution in [0.3, 0.4) is 0 Å². The molecule has 2 rings (SSSR count). The van der Waals surface area contributed by atoms with Crippen molar-refractivity contribution in [2.24, 2.45) is 0 Å². The first-order chi connectivity index (χ1) is 9.44. The first kappa shape index (κ1) is 14.5. The maximum Gasteiger partial charge on any atom is 0.337 e. The average Bonchev–Trinajstić information content (AvgIpc) is 2.88. The molecule has 1 aromatic carbocycles. The Labute approximate surface area is 120 Å². The Bertz CT molecular complexity index is 734. The zero-order chi connectivity index (χ0) is 14.8. The molecule has 5 nitrogen and oxygen atoms in total. The predicted octanol–water partition coefficient (Wildman–Crippen LogP) is 2.81. The SMILES string of the molecule is CCc1ccc(S(=O)(=O)Nc2ccccc2C(=O)O)s1. The summed E-state index contributed by atoms with van der Waals surface area (Å²) in [5, 5.41) is 9.04. The molecule has 0 aliphatic carbocycles. The molecular formula is C13H13NO4S2. The van der Waals surface area contributed by atoms with E-state index < -0.39 is 16.0 Å². The lowest BCUT2D eigenvalue weighted by atomic mass is 10.2. The Balaban J connectivity index is 2.36. The number of sulfonamides is 1. The third-order valence-corrected chi connectivity index (χ3v) is 5.74. The van der Waals surface area contributed by atoms with Gasteiger partial charge in [-0.2, -0.15) is 0 Å². The van der Waals surface area contributed by atoms with Gasteiger partial charge in [-0.3, -0.25) is 4.72 Å². The Morgan fingerprint density at radius 2 is 1.95 bits per heavy atom. The van der Waals surface area contributed by atoms with Crippen LogP contribution in [0.2, 0.25) is 0 Å². The van der Waals surface area contributed by atoms with Crippen molar-refractivity contribution in [3.63, 3.8) is 0 Å². The van der Waals surface area contributed by atoms with Gasteiger partial charge in [0.25, 0.3) is 10.0 Å². The molecule has 2 N–H and O–H groups in total. The van der Waals surface area contributed by atoms with Crippen molar-refractivity contribution >= 4 is 33.0 Å². The van der Waals surface area contributed by atoms with Crippen LogP contribution in [0.25, 0.3) is 0 Å². The van der Waals surface area contributed by atoms with Crippen molar-refractivity contribution in [3.8, 4) is 0 Å². The number of carboxylic acids is 1. The molecular weight excluding hydrogens is 298 g/mol. The number of aryl methyl sites for hydroxylation is 1. The molecule has 0 radical (unpaired) electrons. The van der Waals surface area contributed by atoms with Gasteiger partial charge in [-0.15, -0.1) is 11.3 Å². The molecule has 0 atom stereocenters. The van der Waals surface area contributed by atoms with Crippen molar-refractivity contribution in [2.45, 2.75) is 17.6 Å². The number of thiophene rings is 1. The van der Waals surface area contributed by atoms with E-state index in [-0.39, 0.29) is 15.5 Å². The Kier molecular flexibility index (Phi) is 4.10. The molecule has 7 heteroatoms. The average molecular weight is 311 g/mol. The molecule has 0 amide bonds. The summed E-state index contributed by atoms with van der Waals surface area (Å²) in [6.07, 6.45) is 0.756. The highest BCUT2D eigenvalue weighted by Crippen LogP contribution is 2.25. The molecule has 0 aliphatic heterocycles. The van der Waals surface area contributed by atoms with Gasteiger partial charge in [0.2, 0.25) is 0 Å². The number of carbonyl (C=O) groups is 1. The van der Waals surface area contributed by atoms with Gasteiger partial charge in [-0.05, 0) is 30.7 Å². The number of para-hydroxylation sites is 1. The lowest BCUT2D eigenvalue weighted by Crippen LogP contribution is -2.14. The fourth-order valence-corrected chi connectivity index (χ4v) is 4.02. The van der Waals surface area contributed by atoms with Crippen LogP contribution < -0.4 is 4.72 Å². The number of hydrogen-bond acceptors (Lipinski definition) is 4. The van der Waals surface area contributed by atoms with Crippen LogP contribution in [-0.4, -0.2) is 19.5 Å². The largest absolute Gasteiger partial charge is 0.478 e. The van der Waals surface area contributed by atoms with Crippen LogP contribution in [0, 0.1) is 0 Å². The zero-order valence-corrected chi connectivity index (χ0v) is 12.3. The van der Waals surface area contributed by atoms with Gasteiger partial charge in [-0.1, -0.05) is 19.1 Å². The van der Waals surface area contributed by atoms with E-state index in [1.807, 2.05) is 6.92 Å². The molecule has 2 aromatic rings. The van der Waals surface area contributed by atoms with E-state index in [1.54, 1.807) is 18.2 Å². The molecule has 0 aliphatic rings. The highest BCUT2D eigenvalue weighted by molar-refractivity contribution is 7.94. The van der Waals surface area contributed by atoms with Gasteiger partial charge < -0.3 is 5.11 Å². The lowest BCUT2D eigenvalue weighted by Gasteiger charge is -2.08. The normalized spacial score (nSPS) is 11.2. The number of anilines is 1. The molecule has 0 spiro atoms. The van der Waals surface area contributed by atoms with Crippen LogP contribution >= 0.6 is 11.3 Å². The summed E-state index contributed by atoms with van der Waals surface area (Å²) < 4.78 is 26.9. The van der Waals surface area contributed by atoms with E-state index in [4.69, 9.17) is 5.11 Å². The minimum atomic E-state index is -3.75. The summed E-state index contributed by atoms with van der Waals surface area (Å²) in [5.74, 6) is -1.18. The summed E-state index contributed by atoms with van der Waals surface area (Å²) in [6, 6.07) is 9.18. The maximum absolute atomic E-state index is 12.2. The molecule has 0 saturated heterocycles. The molecule has 1 aromatic heterocycles. The summed E-state index contributed by atoms with van der Waals surface area (Å²) in [4.78, 5) is 12.0. The maximum atomic E-state index is 12.2. The predicted molar refractivity (Wildman–Crippen MR) is 77.9 cm³/mol. The molecule has 0 saturated carbocycles. The Hall–Kier alpha value is -1.86. The van der Waals surface area contributed by atoms with Gasteiger partial charge >= 0.3 is 5.97 Å². The molecule has 106 valence electrons. The smallest absolute Gasteiger partial charge is 0.337 e. The quantitative estimate of drug-likeness (QED) is 0.889. The molecule has 0 bridgehead atoms. The third kappa shape index (κ3) is 3.00. The highest BCUT2D eigenvalue weighted by atomic mass is 32.2. The van der Waals surface area contributed by atoms with Crippen LogP contribution in [0.4, 0.5) is 5.69 Å². The molecule has 20 heavy (non-hydrogen) atoms. The molecule has 0 unspecified atom stereocenters. The number of aromatic carboxylic acids is 1. The van der Waals surface area contributed by atoms with Gasteiger partial charge in [0.1, 0.15) is 4.21 Å². The molecule has 0 fully saturated rings. The minimum Gasteiger partial charge on any atom is -0.478 e. The van der Waals surface area contributed by atoms with Crippen molar-refractivity contribution in [1.29, 1.82) is 0 Å².